The van der Waals surface area contributed by atoms with Gasteiger partial charge in [0, 0.05) is 0 Å². The Hall–Kier alpha value is -0.790. The van der Waals surface area contributed by atoms with Gasteiger partial charge >= 0.3 is 10.4 Å². The van der Waals surface area contributed by atoms with Crippen molar-refractivity contribution in [3.63, 3.8) is 0 Å². The molecule has 0 fully saturated rings. The zero-order chi connectivity index (χ0) is 31.7. The van der Waals surface area contributed by atoms with Gasteiger partial charge in [-0.3, -0.25) is 0 Å². The molecular weight excluding hydrogens is 560 g/mol. The lowest BCUT2D eigenvalue weighted by atomic mass is 10.0. The van der Waals surface area contributed by atoms with Gasteiger partial charge in [0.2, 0.25) is 0 Å². The van der Waals surface area contributed by atoms with Gasteiger partial charge in [-0.2, -0.15) is 8.42 Å². The summed E-state index contributed by atoms with van der Waals surface area (Å²) in [5.74, 6) is 0. The lowest BCUT2D eigenvalue weighted by molar-refractivity contribution is -0.115. The molecule has 0 saturated carbocycles. The average molecular weight is 631 g/mol. The minimum absolute atomic E-state index is 0.342. The zero-order valence-corrected chi connectivity index (χ0v) is 29.2. The molecule has 0 rings (SSSR count). The van der Waals surface area contributed by atoms with Crippen LogP contribution in [-0.4, -0.2) is 33.2 Å². The lowest BCUT2D eigenvalue weighted by Gasteiger charge is -2.15. The van der Waals surface area contributed by atoms with Crippen LogP contribution in [0.1, 0.15) is 206 Å². The summed E-state index contributed by atoms with van der Waals surface area (Å²) >= 11 is 0. The van der Waals surface area contributed by atoms with Gasteiger partial charge in [0.15, 0.2) is 0 Å². The Kier molecular flexibility index (Phi) is 32.0. The molecule has 0 aromatic carbocycles. The predicted octanol–water partition coefficient (Wildman–Crippen LogP) is 11.1. The fourth-order valence-corrected chi connectivity index (χ4v) is 6.62. The monoisotopic (exact) mass is 630 g/mol. The third kappa shape index (κ3) is 31.0. The molecule has 0 aliphatic rings. The fraction of sp³-hybridized carbons (Fsp3) is 0.944. The van der Waals surface area contributed by atoms with E-state index in [1.807, 2.05) is 0 Å². The highest BCUT2D eigenvalue weighted by Crippen LogP contribution is 2.17. The van der Waals surface area contributed by atoms with Gasteiger partial charge in [0.1, 0.15) is 24.8 Å². The van der Waals surface area contributed by atoms with Crippen LogP contribution in [0.4, 0.5) is 0 Å². The van der Waals surface area contributed by atoms with E-state index >= 15 is 0 Å². The quantitative estimate of drug-likeness (QED) is 0.0505. The van der Waals surface area contributed by atoms with Gasteiger partial charge < -0.3 is 9.59 Å². The smallest absolute Gasteiger partial charge is 0.300 e. The molecule has 0 aromatic heterocycles. The van der Waals surface area contributed by atoms with Crippen LogP contribution in [0.3, 0.4) is 0 Å². The van der Waals surface area contributed by atoms with E-state index in [4.69, 9.17) is 8.37 Å². The van der Waals surface area contributed by atoms with Crippen LogP contribution in [0, 0.1) is 0 Å². The van der Waals surface area contributed by atoms with Crippen molar-refractivity contribution in [1.82, 2.24) is 0 Å². The molecule has 2 unspecified atom stereocenters. The first-order chi connectivity index (χ1) is 21.0. The second-order valence-electron chi connectivity index (χ2n) is 12.7. The molecule has 256 valence electrons. The number of carbonyl (C=O) groups is 2. The van der Waals surface area contributed by atoms with Crippen LogP contribution < -0.4 is 0 Å². The SMILES string of the molecule is CCCCCCCCCCCCCCCCC(C=O)OS(=O)(=O)OC(C=O)CCCCCCCCCCCCCCCC. The molecule has 0 spiro atoms. The number of unbranched alkanes of at least 4 members (excludes halogenated alkanes) is 26. The third-order valence-corrected chi connectivity index (χ3v) is 9.44. The highest BCUT2D eigenvalue weighted by Gasteiger charge is 2.24. The Morgan fingerprint density at radius 3 is 0.814 bits per heavy atom. The summed E-state index contributed by atoms with van der Waals surface area (Å²) in [6.07, 6.45) is 34.1. The molecule has 0 aliphatic heterocycles. The van der Waals surface area contributed by atoms with Crippen molar-refractivity contribution in [2.45, 2.75) is 219 Å². The van der Waals surface area contributed by atoms with E-state index in [1.165, 1.54) is 141 Å². The Morgan fingerprint density at radius 1 is 0.395 bits per heavy atom. The second-order valence-corrected chi connectivity index (χ2v) is 13.9. The van der Waals surface area contributed by atoms with Gasteiger partial charge in [-0.25, -0.2) is 8.37 Å². The number of carbonyl (C=O) groups excluding carboxylic acids is 2. The number of rotatable bonds is 36. The summed E-state index contributed by atoms with van der Waals surface area (Å²) in [6, 6.07) is 0. The third-order valence-electron chi connectivity index (χ3n) is 8.47. The average Bonchev–Trinajstić information content (AvgIpc) is 3.00. The summed E-state index contributed by atoms with van der Waals surface area (Å²) in [6.45, 7) is 4.50. The molecule has 0 aromatic rings. The zero-order valence-electron chi connectivity index (χ0n) is 28.4. The largest absolute Gasteiger partial charge is 0.401 e. The molecule has 6 nitrogen and oxygen atoms in total. The molecule has 7 heteroatoms. The van der Waals surface area contributed by atoms with E-state index in [-0.39, 0.29) is 0 Å². The Balaban J connectivity index is 3.79. The normalized spacial score (nSPS) is 13.3. The molecule has 2 atom stereocenters. The fourth-order valence-electron chi connectivity index (χ4n) is 5.68. The predicted molar refractivity (Wildman–Crippen MR) is 181 cm³/mol. The maximum atomic E-state index is 12.3. The van der Waals surface area contributed by atoms with Gasteiger partial charge in [0.25, 0.3) is 0 Å². The highest BCUT2D eigenvalue weighted by molar-refractivity contribution is 7.81. The molecule has 0 N–H and O–H groups in total. The molecule has 0 bridgehead atoms. The molecule has 0 radical (unpaired) electrons. The summed E-state index contributed by atoms with van der Waals surface area (Å²) in [7, 11) is -4.41. The van der Waals surface area contributed by atoms with Crippen molar-refractivity contribution in [2.24, 2.45) is 0 Å². The first-order valence-electron chi connectivity index (χ1n) is 18.5. The van der Waals surface area contributed by atoms with Gasteiger partial charge in [0.05, 0.1) is 0 Å². The van der Waals surface area contributed by atoms with Crippen LogP contribution in [0.25, 0.3) is 0 Å². The van der Waals surface area contributed by atoms with Crippen LogP contribution in [0.15, 0.2) is 0 Å². The van der Waals surface area contributed by atoms with E-state index < -0.39 is 22.6 Å². The number of hydrogen-bond acceptors (Lipinski definition) is 6. The molecule has 43 heavy (non-hydrogen) atoms. The second kappa shape index (κ2) is 32.6. The maximum absolute atomic E-state index is 12.3. The number of aldehydes is 2. The minimum atomic E-state index is -4.41. The van der Waals surface area contributed by atoms with Crippen molar-refractivity contribution in [2.75, 3.05) is 0 Å². The van der Waals surface area contributed by atoms with Crippen LogP contribution >= 0.6 is 0 Å². The van der Waals surface area contributed by atoms with Gasteiger partial charge in [-0.05, 0) is 12.8 Å². The summed E-state index contributed by atoms with van der Waals surface area (Å²) < 4.78 is 34.6. The summed E-state index contributed by atoms with van der Waals surface area (Å²) in [4.78, 5) is 22.8. The summed E-state index contributed by atoms with van der Waals surface area (Å²) in [5.41, 5.74) is 0. The Labute approximate surface area is 267 Å². The summed E-state index contributed by atoms with van der Waals surface area (Å²) in [5, 5.41) is 0. The molecular formula is C36H70O6S. The van der Waals surface area contributed by atoms with Crippen molar-refractivity contribution in [3.05, 3.63) is 0 Å². The van der Waals surface area contributed by atoms with Crippen molar-refractivity contribution < 1.29 is 26.4 Å². The standard InChI is InChI=1S/C36H70O6S/c1-3-5-7-9-11-13-15-17-19-21-23-25-27-29-31-35(33-37)41-43(39,40)42-36(34-38)32-30-28-26-24-22-20-18-16-14-12-10-8-6-4-2/h33-36H,3-32H2,1-2H3. The first kappa shape index (κ1) is 42.2. The van der Waals surface area contributed by atoms with Crippen molar-refractivity contribution >= 4 is 23.0 Å². The topological polar surface area (TPSA) is 86.7 Å². The highest BCUT2D eigenvalue weighted by atomic mass is 32.3. The van der Waals surface area contributed by atoms with E-state index in [2.05, 4.69) is 13.8 Å². The molecule has 0 aliphatic carbocycles. The van der Waals surface area contributed by atoms with E-state index in [0.29, 0.717) is 25.4 Å². The van der Waals surface area contributed by atoms with Gasteiger partial charge in [-0.15, -0.1) is 0 Å². The minimum Gasteiger partial charge on any atom is -0.300 e. The molecule has 0 amide bonds. The number of hydrogen-bond donors (Lipinski definition) is 0. The molecule has 0 saturated heterocycles. The van der Waals surface area contributed by atoms with E-state index in [0.717, 1.165) is 38.5 Å². The first-order valence-corrected chi connectivity index (χ1v) is 19.8. The van der Waals surface area contributed by atoms with E-state index in [9.17, 15) is 18.0 Å². The maximum Gasteiger partial charge on any atom is 0.401 e. The van der Waals surface area contributed by atoms with Crippen LogP contribution in [0.5, 0.6) is 0 Å². The Bertz CT molecular complexity index is 644. The van der Waals surface area contributed by atoms with Crippen LogP contribution in [0.2, 0.25) is 0 Å². The lowest BCUT2D eigenvalue weighted by Crippen LogP contribution is -2.26. The Morgan fingerprint density at radius 2 is 0.605 bits per heavy atom. The van der Waals surface area contributed by atoms with Crippen molar-refractivity contribution in [1.29, 1.82) is 0 Å². The molecule has 0 heterocycles. The van der Waals surface area contributed by atoms with E-state index in [1.54, 1.807) is 0 Å². The van der Waals surface area contributed by atoms with Crippen molar-refractivity contribution in [3.8, 4) is 0 Å². The van der Waals surface area contributed by atoms with Gasteiger partial charge in [-0.1, -0.05) is 194 Å². The van der Waals surface area contributed by atoms with Crippen LogP contribution in [-0.2, 0) is 28.4 Å².